The van der Waals surface area contributed by atoms with Crippen molar-refractivity contribution in [3.8, 4) is 0 Å². The van der Waals surface area contributed by atoms with Crippen LogP contribution in [0.5, 0.6) is 0 Å². The zero-order valence-electron chi connectivity index (χ0n) is 13.6. The van der Waals surface area contributed by atoms with Crippen molar-refractivity contribution in [1.82, 2.24) is 5.32 Å². The van der Waals surface area contributed by atoms with E-state index in [1.807, 2.05) is 41.5 Å². The fourth-order valence-corrected chi connectivity index (χ4v) is 1.20. The van der Waals surface area contributed by atoms with Crippen molar-refractivity contribution in [2.75, 3.05) is 13.2 Å². The number of rotatable bonds is 7. The molecule has 0 saturated heterocycles. The highest BCUT2D eigenvalue weighted by molar-refractivity contribution is 5.81. The minimum Gasteiger partial charge on any atom is -0.379 e. The number of carbonyl (C=O) groups excluding carboxylic acids is 1. The molecule has 0 aliphatic carbocycles. The fourth-order valence-electron chi connectivity index (χ4n) is 1.20. The quantitative estimate of drug-likeness (QED) is 0.758. The van der Waals surface area contributed by atoms with Gasteiger partial charge in [-0.1, -0.05) is 41.5 Å². The second-order valence-electron chi connectivity index (χ2n) is 5.66. The first kappa shape index (κ1) is 19.8. The molecule has 1 amide bonds. The van der Waals surface area contributed by atoms with Gasteiger partial charge in [0.1, 0.15) is 0 Å². The molecule has 0 rings (SSSR count). The number of ether oxygens (including phenoxy) is 1. The summed E-state index contributed by atoms with van der Waals surface area (Å²) in [5.41, 5.74) is -0.343. The zero-order valence-corrected chi connectivity index (χ0v) is 13.6. The second-order valence-corrected chi connectivity index (χ2v) is 5.66. The maximum atomic E-state index is 11.9. The van der Waals surface area contributed by atoms with Crippen molar-refractivity contribution in [2.24, 2.45) is 11.3 Å². The third-order valence-corrected chi connectivity index (χ3v) is 2.46. The standard InChI is InChI=1S/C13H27NO2.C2H6/c1-10(2)9-14-12(15)13(5,6)7-8-16-11(3)4;1-2/h10-11H,7-9H2,1-6H3,(H,14,15);1-2H3. The number of hydrogen-bond acceptors (Lipinski definition) is 2. The van der Waals surface area contributed by atoms with Crippen LogP contribution in [0.1, 0.15) is 61.8 Å². The monoisotopic (exact) mass is 259 g/mol. The Labute approximate surface area is 114 Å². The van der Waals surface area contributed by atoms with Gasteiger partial charge in [0.2, 0.25) is 5.91 Å². The predicted octanol–water partition coefficient (Wildman–Crippen LogP) is 3.63. The van der Waals surface area contributed by atoms with Gasteiger partial charge < -0.3 is 10.1 Å². The maximum absolute atomic E-state index is 11.9. The van der Waals surface area contributed by atoms with Crippen molar-refractivity contribution in [3.05, 3.63) is 0 Å². The molecule has 18 heavy (non-hydrogen) atoms. The largest absolute Gasteiger partial charge is 0.379 e. The Kier molecular flexibility index (Phi) is 11.4. The smallest absolute Gasteiger partial charge is 0.225 e. The van der Waals surface area contributed by atoms with Crippen LogP contribution in [0, 0.1) is 11.3 Å². The van der Waals surface area contributed by atoms with Gasteiger partial charge in [-0.15, -0.1) is 0 Å². The number of amides is 1. The Hall–Kier alpha value is -0.570. The van der Waals surface area contributed by atoms with E-state index in [0.717, 1.165) is 13.0 Å². The summed E-state index contributed by atoms with van der Waals surface area (Å²) in [6.45, 7) is 17.5. The highest BCUT2D eigenvalue weighted by atomic mass is 16.5. The Balaban J connectivity index is 0. The first-order chi connectivity index (χ1) is 8.25. The molecule has 0 aromatic rings. The van der Waals surface area contributed by atoms with Crippen LogP contribution in [0.3, 0.4) is 0 Å². The van der Waals surface area contributed by atoms with Gasteiger partial charge in [0, 0.05) is 18.6 Å². The molecule has 0 fully saturated rings. The van der Waals surface area contributed by atoms with Crippen molar-refractivity contribution in [3.63, 3.8) is 0 Å². The average molecular weight is 259 g/mol. The van der Waals surface area contributed by atoms with Crippen LogP contribution < -0.4 is 5.32 Å². The lowest BCUT2D eigenvalue weighted by Gasteiger charge is -2.24. The molecule has 0 spiro atoms. The minimum atomic E-state index is -0.343. The lowest BCUT2D eigenvalue weighted by atomic mass is 9.88. The summed E-state index contributed by atoms with van der Waals surface area (Å²) >= 11 is 0. The summed E-state index contributed by atoms with van der Waals surface area (Å²) in [4.78, 5) is 11.9. The molecule has 0 aliphatic rings. The van der Waals surface area contributed by atoms with Gasteiger partial charge in [-0.3, -0.25) is 4.79 Å². The minimum absolute atomic E-state index is 0.119. The van der Waals surface area contributed by atoms with Gasteiger partial charge >= 0.3 is 0 Å². The van der Waals surface area contributed by atoms with Crippen LogP contribution in [0.2, 0.25) is 0 Å². The summed E-state index contributed by atoms with van der Waals surface area (Å²) in [6.07, 6.45) is 0.990. The zero-order chi connectivity index (χ0) is 14.8. The summed E-state index contributed by atoms with van der Waals surface area (Å²) in [5.74, 6) is 0.611. The van der Waals surface area contributed by atoms with E-state index in [1.54, 1.807) is 0 Å². The van der Waals surface area contributed by atoms with Crippen LogP contribution in [0.15, 0.2) is 0 Å². The third-order valence-electron chi connectivity index (χ3n) is 2.46. The van der Waals surface area contributed by atoms with Crippen molar-refractivity contribution in [2.45, 2.75) is 67.9 Å². The van der Waals surface area contributed by atoms with E-state index in [4.69, 9.17) is 4.74 Å². The molecule has 1 N–H and O–H groups in total. The van der Waals surface area contributed by atoms with Gasteiger partial charge in [-0.25, -0.2) is 0 Å². The lowest BCUT2D eigenvalue weighted by molar-refractivity contribution is -0.130. The van der Waals surface area contributed by atoms with E-state index < -0.39 is 0 Å². The molecular formula is C15H33NO2. The van der Waals surface area contributed by atoms with Crippen LogP contribution in [-0.2, 0) is 9.53 Å². The number of hydrogen-bond donors (Lipinski definition) is 1. The number of carbonyl (C=O) groups is 1. The highest BCUT2D eigenvalue weighted by Crippen LogP contribution is 2.20. The molecule has 0 atom stereocenters. The van der Waals surface area contributed by atoms with Crippen molar-refractivity contribution < 1.29 is 9.53 Å². The molecule has 110 valence electrons. The molecule has 3 nitrogen and oxygen atoms in total. The van der Waals surface area contributed by atoms with Crippen LogP contribution in [-0.4, -0.2) is 25.2 Å². The van der Waals surface area contributed by atoms with Gasteiger partial charge in [0.25, 0.3) is 0 Å². The molecule has 0 heterocycles. The van der Waals surface area contributed by atoms with E-state index >= 15 is 0 Å². The van der Waals surface area contributed by atoms with Crippen LogP contribution in [0.25, 0.3) is 0 Å². The highest BCUT2D eigenvalue weighted by Gasteiger charge is 2.27. The Morgan fingerprint density at radius 1 is 1.17 bits per heavy atom. The van der Waals surface area contributed by atoms with E-state index in [9.17, 15) is 4.79 Å². The van der Waals surface area contributed by atoms with Gasteiger partial charge in [0.05, 0.1) is 6.10 Å². The topological polar surface area (TPSA) is 38.3 Å². The predicted molar refractivity (Wildman–Crippen MR) is 78.7 cm³/mol. The average Bonchev–Trinajstić information content (AvgIpc) is 2.27. The Morgan fingerprint density at radius 3 is 2.06 bits per heavy atom. The molecule has 0 aromatic heterocycles. The van der Waals surface area contributed by atoms with Crippen molar-refractivity contribution >= 4 is 5.91 Å². The molecule has 0 bridgehead atoms. The van der Waals surface area contributed by atoms with E-state index in [2.05, 4.69) is 19.2 Å². The van der Waals surface area contributed by atoms with Crippen LogP contribution in [0.4, 0.5) is 0 Å². The van der Waals surface area contributed by atoms with Gasteiger partial charge in [-0.05, 0) is 26.2 Å². The molecular weight excluding hydrogens is 226 g/mol. The maximum Gasteiger partial charge on any atom is 0.225 e. The molecule has 0 saturated carbocycles. The first-order valence-electron chi connectivity index (χ1n) is 7.15. The summed E-state index contributed by atoms with van der Waals surface area (Å²) < 4.78 is 5.47. The summed E-state index contributed by atoms with van der Waals surface area (Å²) in [6, 6.07) is 0. The SMILES string of the molecule is CC.CC(C)CNC(=O)C(C)(C)CCOC(C)C. The first-order valence-corrected chi connectivity index (χ1v) is 7.15. The molecule has 0 unspecified atom stereocenters. The lowest BCUT2D eigenvalue weighted by Crippen LogP contribution is -2.39. The normalized spacial score (nSPS) is 11.2. The third kappa shape index (κ3) is 10.6. The van der Waals surface area contributed by atoms with Gasteiger partial charge in [-0.2, -0.15) is 0 Å². The summed E-state index contributed by atoms with van der Waals surface area (Å²) in [7, 11) is 0. The van der Waals surface area contributed by atoms with Crippen LogP contribution >= 0.6 is 0 Å². The molecule has 3 heteroatoms. The second kappa shape index (κ2) is 10.4. The van der Waals surface area contributed by atoms with Crippen molar-refractivity contribution in [1.29, 1.82) is 0 Å². The number of nitrogens with one attached hydrogen (secondary N) is 1. The molecule has 0 aromatic carbocycles. The van der Waals surface area contributed by atoms with E-state index in [0.29, 0.717) is 12.5 Å². The van der Waals surface area contributed by atoms with Gasteiger partial charge in [0.15, 0.2) is 0 Å². The molecule has 0 aliphatic heterocycles. The Morgan fingerprint density at radius 2 is 1.67 bits per heavy atom. The Bertz CT molecular complexity index is 211. The molecule has 0 radical (unpaired) electrons. The van der Waals surface area contributed by atoms with E-state index in [1.165, 1.54) is 0 Å². The fraction of sp³-hybridized carbons (Fsp3) is 0.933. The van der Waals surface area contributed by atoms with E-state index in [-0.39, 0.29) is 17.4 Å². The summed E-state index contributed by atoms with van der Waals surface area (Å²) in [5, 5.41) is 2.97.